The number of rotatable bonds is 4. The first-order valence-electron chi connectivity index (χ1n) is 5.59. The standard InChI is InChI=1S/C12H15ClN4/c1-3-14-8-11-10(13)4-5-12(15-11)17-7-6-9(2)16-17/h4-7,14H,3,8H2,1-2H3. The first-order chi connectivity index (χ1) is 8.20. The average molecular weight is 251 g/mol. The molecule has 0 amide bonds. The fraction of sp³-hybridized carbons (Fsp3) is 0.333. The van der Waals surface area contributed by atoms with E-state index in [1.54, 1.807) is 4.68 Å². The van der Waals surface area contributed by atoms with E-state index in [1.165, 1.54) is 0 Å². The minimum absolute atomic E-state index is 0.670. The molecule has 5 heteroatoms. The lowest BCUT2D eigenvalue weighted by Gasteiger charge is -2.07. The molecule has 1 N–H and O–H groups in total. The van der Waals surface area contributed by atoms with Gasteiger partial charge in [0.1, 0.15) is 0 Å². The minimum atomic E-state index is 0.670. The summed E-state index contributed by atoms with van der Waals surface area (Å²) in [5.41, 5.74) is 1.81. The molecule has 2 aromatic heterocycles. The molecule has 4 nitrogen and oxygen atoms in total. The maximum absolute atomic E-state index is 6.09. The largest absolute Gasteiger partial charge is 0.311 e. The van der Waals surface area contributed by atoms with Gasteiger partial charge in [-0.15, -0.1) is 0 Å². The molecule has 0 aliphatic heterocycles. The summed E-state index contributed by atoms with van der Waals surface area (Å²) >= 11 is 6.09. The van der Waals surface area contributed by atoms with Gasteiger partial charge in [0.05, 0.1) is 16.4 Å². The first-order valence-corrected chi connectivity index (χ1v) is 5.97. The molecule has 0 saturated carbocycles. The summed E-state index contributed by atoms with van der Waals surface area (Å²) in [5.74, 6) is 0.787. The van der Waals surface area contributed by atoms with E-state index in [9.17, 15) is 0 Å². The Balaban J connectivity index is 2.30. The summed E-state index contributed by atoms with van der Waals surface area (Å²) in [7, 11) is 0. The SMILES string of the molecule is CCNCc1nc(-n2ccc(C)n2)ccc1Cl. The predicted octanol–water partition coefficient (Wildman–Crippen LogP) is 2.34. The van der Waals surface area contributed by atoms with Crippen molar-refractivity contribution in [1.82, 2.24) is 20.1 Å². The van der Waals surface area contributed by atoms with Crippen LogP contribution in [0.25, 0.3) is 5.82 Å². The number of pyridine rings is 1. The van der Waals surface area contributed by atoms with Gasteiger partial charge in [0.15, 0.2) is 5.82 Å². The van der Waals surface area contributed by atoms with E-state index in [-0.39, 0.29) is 0 Å². The Morgan fingerprint density at radius 2 is 2.18 bits per heavy atom. The van der Waals surface area contributed by atoms with Crippen LogP contribution in [-0.4, -0.2) is 21.3 Å². The van der Waals surface area contributed by atoms with E-state index < -0.39 is 0 Å². The molecule has 0 aliphatic carbocycles. The molecule has 0 atom stereocenters. The molecule has 0 bridgehead atoms. The lowest BCUT2D eigenvalue weighted by molar-refractivity contribution is 0.704. The fourth-order valence-corrected chi connectivity index (χ4v) is 1.68. The Morgan fingerprint density at radius 3 is 2.82 bits per heavy atom. The van der Waals surface area contributed by atoms with Crippen LogP contribution >= 0.6 is 11.6 Å². The summed E-state index contributed by atoms with van der Waals surface area (Å²) in [5, 5.41) is 8.21. The Kier molecular flexibility index (Phi) is 3.76. The summed E-state index contributed by atoms with van der Waals surface area (Å²) < 4.78 is 1.75. The van der Waals surface area contributed by atoms with Crippen molar-refractivity contribution in [2.75, 3.05) is 6.54 Å². The van der Waals surface area contributed by atoms with E-state index in [2.05, 4.69) is 22.3 Å². The monoisotopic (exact) mass is 250 g/mol. The van der Waals surface area contributed by atoms with Crippen molar-refractivity contribution >= 4 is 11.6 Å². The van der Waals surface area contributed by atoms with Crippen LogP contribution in [0, 0.1) is 6.92 Å². The van der Waals surface area contributed by atoms with Gasteiger partial charge in [-0.05, 0) is 31.7 Å². The van der Waals surface area contributed by atoms with Gasteiger partial charge in [0.2, 0.25) is 0 Å². The predicted molar refractivity (Wildman–Crippen MR) is 68.5 cm³/mol. The van der Waals surface area contributed by atoms with Crippen LogP contribution in [0.4, 0.5) is 0 Å². The summed E-state index contributed by atoms with van der Waals surface area (Å²) in [4.78, 5) is 4.50. The fourth-order valence-electron chi connectivity index (χ4n) is 1.51. The highest BCUT2D eigenvalue weighted by Crippen LogP contribution is 2.16. The maximum atomic E-state index is 6.09. The van der Waals surface area contributed by atoms with Gasteiger partial charge < -0.3 is 5.32 Å². The van der Waals surface area contributed by atoms with Gasteiger partial charge in [-0.25, -0.2) is 9.67 Å². The van der Waals surface area contributed by atoms with Gasteiger partial charge in [-0.1, -0.05) is 18.5 Å². The lowest BCUT2D eigenvalue weighted by atomic mass is 10.3. The number of halogens is 1. The molecule has 90 valence electrons. The lowest BCUT2D eigenvalue weighted by Crippen LogP contribution is -2.14. The van der Waals surface area contributed by atoms with Crippen LogP contribution in [0.5, 0.6) is 0 Å². The van der Waals surface area contributed by atoms with E-state index >= 15 is 0 Å². The van der Waals surface area contributed by atoms with Gasteiger partial charge in [-0.3, -0.25) is 0 Å². The highest BCUT2D eigenvalue weighted by Gasteiger charge is 2.05. The van der Waals surface area contributed by atoms with Crippen molar-refractivity contribution in [3.05, 3.63) is 40.8 Å². The van der Waals surface area contributed by atoms with Gasteiger partial charge in [0.25, 0.3) is 0 Å². The van der Waals surface area contributed by atoms with Crippen LogP contribution in [0.2, 0.25) is 5.02 Å². The van der Waals surface area contributed by atoms with Gasteiger partial charge in [0, 0.05) is 12.7 Å². The third-order valence-corrected chi connectivity index (χ3v) is 2.75. The molecule has 0 saturated heterocycles. The quantitative estimate of drug-likeness (QED) is 0.906. The zero-order valence-electron chi connectivity index (χ0n) is 9.94. The van der Waals surface area contributed by atoms with Crippen LogP contribution < -0.4 is 5.32 Å². The Bertz CT molecular complexity index is 507. The molecule has 2 heterocycles. The van der Waals surface area contributed by atoms with Crippen molar-refractivity contribution in [2.24, 2.45) is 0 Å². The second kappa shape index (κ2) is 5.29. The van der Waals surface area contributed by atoms with Crippen molar-refractivity contribution < 1.29 is 0 Å². The second-order valence-corrected chi connectivity index (χ2v) is 4.19. The molecular weight excluding hydrogens is 236 g/mol. The van der Waals surface area contributed by atoms with Crippen molar-refractivity contribution in [1.29, 1.82) is 0 Å². The second-order valence-electron chi connectivity index (χ2n) is 3.78. The molecule has 0 aromatic carbocycles. The van der Waals surface area contributed by atoms with Gasteiger partial charge in [-0.2, -0.15) is 5.10 Å². The van der Waals surface area contributed by atoms with Crippen LogP contribution in [-0.2, 0) is 6.54 Å². The van der Waals surface area contributed by atoms with E-state index in [0.717, 1.165) is 23.8 Å². The van der Waals surface area contributed by atoms with Crippen molar-refractivity contribution in [3.8, 4) is 5.82 Å². The summed E-state index contributed by atoms with van der Waals surface area (Å²) in [6.45, 7) is 5.56. The molecule has 0 aliphatic rings. The summed E-state index contributed by atoms with van der Waals surface area (Å²) in [6, 6.07) is 5.66. The first kappa shape index (κ1) is 12.1. The molecule has 0 spiro atoms. The van der Waals surface area contributed by atoms with Crippen LogP contribution in [0.15, 0.2) is 24.4 Å². The van der Waals surface area contributed by atoms with E-state index in [1.807, 2.05) is 31.3 Å². The highest BCUT2D eigenvalue weighted by molar-refractivity contribution is 6.31. The van der Waals surface area contributed by atoms with Gasteiger partial charge >= 0.3 is 0 Å². The van der Waals surface area contributed by atoms with Crippen molar-refractivity contribution in [2.45, 2.75) is 20.4 Å². The topological polar surface area (TPSA) is 42.7 Å². The highest BCUT2D eigenvalue weighted by atomic mass is 35.5. The Morgan fingerprint density at radius 1 is 1.35 bits per heavy atom. The Labute approximate surface area is 106 Å². The summed E-state index contributed by atoms with van der Waals surface area (Å²) in [6.07, 6.45) is 1.89. The molecule has 0 radical (unpaired) electrons. The van der Waals surface area contributed by atoms with Crippen molar-refractivity contribution in [3.63, 3.8) is 0 Å². The van der Waals surface area contributed by atoms with E-state index in [0.29, 0.717) is 11.6 Å². The minimum Gasteiger partial charge on any atom is -0.311 e. The maximum Gasteiger partial charge on any atom is 0.153 e. The zero-order chi connectivity index (χ0) is 12.3. The van der Waals surface area contributed by atoms with Crippen LogP contribution in [0.1, 0.15) is 18.3 Å². The Hall–Kier alpha value is -1.39. The molecule has 2 rings (SSSR count). The van der Waals surface area contributed by atoms with E-state index in [4.69, 9.17) is 11.6 Å². The number of nitrogens with one attached hydrogen (secondary N) is 1. The third kappa shape index (κ3) is 2.84. The molecular formula is C12H15ClN4. The molecule has 2 aromatic rings. The normalized spacial score (nSPS) is 10.8. The number of hydrogen-bond acceptors (Lipinski definition) is 3. The molecule has 17 heavy (non-hydrogen) atoms. The molecule has 0 fully saturated rings. The molecule has 0 unspecified atom stereocenters. The van der Waals surface area contributed by atoms with Crippen LogP contribution in [0.3, 0.4) is 0 Å². The number of nitrogens with zero attached hydrogens (tertiary/aromatic N) is 3. The zero-order valence-corrected chi connectivity index (χ0v) is 10.7. The number of aromatic nitrogens is 3. The number of aryl methyl sites for hydroxylation is 1. The third-order valence-electron chi connectivity index (χ3n) is 2.40. The smallest absolute Gasteiger partial charge is 0.153 e. The average Bonchev–Trinajstić information content (AvgIpc) is 2.75. The number of hydrogen-bond donors (Lipinski definition) is 1.